The Hall–Kier alpha value is -0.610. The summed E-state index contributed by atoms with van der Waals surface area (Å²) in [5.74, 6) is 1.38. The van der Waals surface area contributed by atoms with Gasteiger partial charge in [0.05, 0.1) is 6.04 Å². The van der Waals surface area contributed by atoms with Gasteiger partial charge in [0.15, 0.2) is 0 Å². The van der Waals surface area contributed by atoms with E-state index in [9.17, 15) is 4.79 Å². The fourth-order valence-corrected chi connectivity index (χ4v) is 2.99. The molecule has 4 nitrogen and oxygen atoms in total. The second kappa shape index (κ2) is 4.58. The lowest BCUT2D eigenvalue weighted by Crippen LogP contribution is -2.52. The van der Waals surface area contributed by atoms with Crippen LogP contribution in [0, 0.1) is 17.3 Å². The topological polar surface area (TPSA) is 67.2 Å². The number of carbonyl (C=O) groups excluding carboxylic acids is 1. The van der Waals surface area contributed by atoms with Gasteiger partial charge < -0.3 is 16.4 Å². The number of nitrogens with one attached hydrogen (secondary N) is 2. The Kier molecular flexibility index (Phi) is 3.46. The molecule has 1 aliphatic carbocycles. The van der Waals surface area contributed by atoms with Crippen molar-refractivity contribution >= 4 is 5.91 Å². The van der Waals surface area contributed by atoms with Gasteiger partial charge in [-0.25, -0.2) is 0 Å². The molecule has 1 saturated heterocycles. The Bertz CT molecular complexity index is 298. The van der Waals surface area contributed by atoms with E-state index in [2.05, 4.69) is 10.6 Å². The minimum Gasteiger partial charge on any atom is -0.352 e. The minimum absolute atomic E-state index is 0.00931. The van der Waals surface area contributed by atoms with Crippen molar-refractivity contribution in [1.82, 2.24) is 10.6 Å². The number of nitrogens with two attached hydrogens (primary N) is 1. The van der Waals surface area contributed by atoms with E-state index in [1.165, 1.54) is 6.42 Å². The van der Waals surface area contributed by atoms with Gasteiger partial charge in [-0.05, 0) is 36.6 Å². The lowest BCUT2D eigenvalue weighted by molar-refractivity contribution is -0.125. The van der Waals surface area contributed by atoms with Crippen LogP contribution in [0.5, 0.6) is 0 Å². The molecular formula is C13H25N3O. The van der Waals surface area contributed by atoms with E-state index in [1.807, 2.05) is 20.8 Å². The van der Waals surface area contributed by atoms with Crippen LogP contribution in [0.2, 0.25) is 0 Å². The van der Waals surface area contributed by atoms with Gasteiger partial charge in [-0.1, -0.05) is 20.8 Å². The van der Waals surface area contributed by atoms with E-state index in [0.717, 1.165) is 25.4 Å². The maximum atomic E-state index is 12.1. The van der Waals surface area contributed by atoms with Gasteiger partial charge in [0.1, 0.15) is 0 Å². The van der Waals surface area contributed by atoms with E-state index in [1.54, 1.807) is 0 Å². The SMILES string of the molecule is CC(C)(C)[C@H](N)C(=O)N[C@H]1CC[C@@H]2CNC[C@@H]21. The fraction of sp³-hybridized carbons (Fsp3) is 0.923. The number of amides is 1. The summed E-state index contributed by atoms with van der Waals surface area (Å²) in [6.45, 7) is 8.17. The summed E-state index contributed by atoms with van der Waals surface area (Å²) in [4.78, 5) is 12.1. The Morgan fingerprint density at radius 2 is 2.06 bits per heavy atom. The van der Waals surface area contributed by atoms with Crippen molar-refractivity contribution in [2.24, 2.45) is 23.0 Å². The van der Waals surface area contributed by atoms with Crippen molar-refractivity contribution in [3.63, 3.8) is 0 Å². The zero-order valence-corrected chi connectivity index (χ0v) is 11.1. The molecule has 2 aliphatic rings. The standard InChI is InChI=1S/C13H25N3O/c1-13(2,3)11(14)12(17)16-10-5-4-8-6-15-7-9(8)10/h8-11,15H,4-7,14H2,1-3H3,(H,16,17)/t8-,9+,10+,11-/m1/s1. The summed E-state index contributed by atoms with van der Waals surface area (Å²) < 4.78 is 0. The lowest BCUT2D eigenvalue weighted by Gasteiger charge is -2.28. The van der Waals surface area contributed by atoms with Crippen molar-refractivity contribution in [3.8, 4) is 0 Å². The smallest absolute Gasteiger partial charge is 0.237 e. The first-order valence-electron chi connectivity index (χ1n) is 6.66. The maximum absolute atomic E-state index is 12.1. The number of hydrogen-bond acceptors (Lipinski definition) is 3. The normalized spacial score (nSPS) is 34.5. The van der Waals surface area contributed by atoms with Crippen LogP contribution in [-0.2, 0) is 4.79 Å². The van der Waals surface area contributed by atoms with Crippen LogP contribution in [0.3, 0.4) is 0 Å². The third-order valence-electron chi connectivity index (χ3n) is 4.30. The van der Waals surface area contributed by atoms with E-state index in [0.29, 0.717) is 12.0 Å². The third kappa shape index (κ3) is 2.63. The van der Waals surface area contributed by atoms with E-state index in [4.69, 9.17) is 5.73 Å². The summed E-state index contributed by atoms with van der Waals surface area (Å²) in [6, 6.07) is -0.0909. The summed E-state index contributed by atoms with van der Waals surface area (Å²) in [5, 5.41) is 6.56. The first-order valence-corrected chi connectivity index (χ1v) is 6.66. The molecule has 0 spiro atoms. The highest BCUT2D eigenvalue weighted by Gasteiger charge is 2.40. The Morgan fingerprint density at radius 3 is 2.71 bits per heavy atom. The zero-order chi connectivity index (χ0) is 12.6. The number of carbonyl (C=O) groups is 1. The highest BCUT2D eigenvalue weighted by atomic mass is 16.2. The first-order chi connectivity index (χ1) is 7.89. The van der Waals surface area contributed by atoms with Crippen LogP contribution in [0.1, 0.15) is 33.6 Å². The average molecular weight is 239 g/mol. The van der Waals surface area contributed by atoms with Crippen molar-refractivity contribution in [1.29, 1.82) is 0 Å². The summed E-state index contributed by atoms with van der Waals surface area (Å²) >= 11 is 0. The fourth-order valence-electron chi connectivity index (χ4n) is 2.99. The van der Waals surface area contributed by atoms with Crippen molar-refractivity contribution in [2.75, 3.05) is 13.1 Å². The molecule has 0 aromatic carbocycles. The van der Waals surface area contributed by atoms with Crippen LogP contribution < -0.4 is 16.4 Å². The van der Waals surface area contributed by atoms with Crippen LogP contribution in [0.25, 0.3) is 0 Å². The van der Waals surface area contributed by atoms with Crippen LogP contribution in [0.4, 0.5) is 0 Å². The van der Waals surface area contributed by atoms with E-state index >= 15 is 0 Å². The Balaban J connectivity index is 1.91. The molecule has 1 saturated carbocycles. The average Bonchev–Trinajstić information content (AvgIpc) is 2.80. The highest BCUT2D eigenvalue weighted by molar-refractivity contribution is 5.82. The van der Waals surface area contributed by atoms with Gasteiger partial charge in [0.25, 0.3) is 0 Å². The molecule has 1 aliphatic heterocycles. The van der Waals surface area contributed by atoms with Crippen LogP contribution in [-0.4, -0.2) is 31.1 Å². The van der Waals surface area contributed by atoms with Gasteiger partial charge in [-0.15, -0.1) is 0 Å². The van der Waals surface area contributed by atoms with Crippen molar-refractivity contribution in [2.45, 2.75) is 45.7 Å². The molecule has 0 aromatic rings. The molecule has 0 bridgehead atoms. The molecule has 4 atom stereocenters. The summed E-state index contributed by atoms with van der Waals surface area (Å²) in [7, 11) is 0. The number of fused-ring (bicyclic) bond motifs is 1. The molecule has 2 rings (SSSR count). The monoisotopic (exact) mass is 239 g/mol. The zero-order valence-electron chi connectivity index (χ0n) is 11.1. The molecule has 1 amide bonds. The van der Waals surface area contributed by atoms with Crippen LogP contribution in [0.15, 0.2) is 0 Å². The van der Waals surface area contributed by atoms with Gasteiger partial charge in [0.2, 0.25) is 5.91 Å². The van der Waals surface area contributed by atoms with Crippen molar-refractivity contribution < 1.29 is 4.79 Å². The number of rotatable bonds is 2. The van der Waals surface area contributed by atoms with Gasteiger partial charge in [0, 0.05) is 12.6 Å². The third-order valence-corrected chi connectivity index (χ3v) is 4.30. The van der Waals surface area contributed by atoms with Crippen molar-refractivity contribution in [3.05, 3.63) is 0 Å². The second-order valence-corrected chi connectivity index (χ2v) is 6.62. The van der Waals surface area contributed by atoms with Gasteiger partial charge in [-0.3, -0.25) is 4.79 Å². The molecule has 1 heterocycles. The molecule has 17 heavy (non-hydrogen) atoms. The quantitative estimate of drug-likeness (QED) is 0.656. The molecule has 0 radical (unpaired) electrons. The predicted octanol–water partition coefficient (Wildman–Crippen LogP) is 0.474. The first kappa shape index (κ1) is 12.8. The second-order valence-electron chi connectivity index (χ2n) is 6.62. The molecule has 0 unspecified atom stereocenters. The number of hydrogen-bond donors (Lipinski definition) is 3. The lowest BCUT2D eigenvalue weighted by atomic mass is 9.86. The van der Waals surface area contributed by atoms with E-state index in [-0.39, 0.29) is 11.3 Å². The summed E-state index contributed by atoms with van der Waals surface area (Å²) in [6.07, 6.45) is 2.34. The largest absolute Gasteiger partial charge is 0.352 e. The predicted molar refractivity (Wildman–Crippen MR) is 68.4 cm³/mol. The minimum atomic E-state index is -0.420. The Morgan fingerprint density at radius 1 is 1.35 bits per heavy atom. The molecule has 0 aromatic heterocycles. The molecule has 98 valence electrons. The molecule has 2 fully saturated rings. The molecule has 4 heteroatoms. The molecule has 4 N–H and O–H groups in total. The van der Waals surface area contributed by atoms with Crippen LogP contribution >= 0.6 is 0 Å². The van der Waals surface area contributed by atoms with Gasteiger partial charge >= 0.3 is 0 Å². The summed E-state index contributed by atoms with van der Waals surface area (Å²) in [5.41, 5.74) is 5.81. The molecular weight excluding hydrogens is 214 g/mol. The van der Waals surface area contributed by atoms with E-state index < -0.39 is 6.04 Å². The maximum Gasteiger partial charge on any atom is 0.237 e. The van der Waals surface area contributed by atoms with Gasteiger partial charge in [-0.2, -0.15) is 0 Å². The highest BCUT2D eigenvalue weighted by Crippen LogP contribution is 2.34. The Labute approximate surface area is 104 Å².